The molecule has 0 spiro atoms. The fourth-order valence-electron chi connectivity index (χ4n) is 2.21. The second kappa shape index (κ2) is 6.17. The standard InChI is InChI=1S/C13H22N2S.ClH/c1-4-13(6-5-7-13)14-8-11-9-16-12(15-11)10(2)3;/h9-10,14H,4-8H2,1-3H3;1H. The smallest absolute Gasteiger partial charge is 0.0954 e. The van der Waals surface area contributed by atoms with Gasteiger partial charge in [0.1, 0.15) is 0 Å². The molecule has 1 N–H and O–H groups in total. The van der Waals surface area contributed by atoms with Crippen molar-refractivity contribution >= 4 is 23.7 Å². The van der Waals surface area contributed by atoms with Crippen LogP contribution in [-0.4, -0.2) is 10.5 Å². The van der Waals surface area contributed by atoms with Gasteiger partial charge in [0, 0.05) is 23.4 Å². The maximum atomic E-state index is 4.66. The molecule has 0 bridgehead atoms. The minimum Gasteiger partial charge on any atom is -0.306 e. The normalized spacial score (nSPS) is 17.6. The monoisotopic (exact) mass is 274 g/mol. The number of thiazole rings is 1. The molecule has 1 fully saturated rings. The number of nitrogens with zero attached hydrogens (tertiary/aromatic N) is 1. The van der Waals surface area contributed by atoms with E-state index in [1.165, 1.54) is 36.4 Å². The van der Waals surface area contributed by atoms with E-state index in [4.69, 9.17) is 0 Å². The molecule has 0 aliphatic heterocycles. The van der Waals surface area contributed by atoms with E-state index >= 15 is 0 Å². The van der Waals surface area contributed by atoms with Crippen molar-refractivity contribution in [2.75, 3.05) is 0 Å². The molecule has 0 radical (unpaired) electrons. The van der Waals surface area contributed by atoms with Crippen molar-refractivity contribution in [2.45, 2.75) is 64.5 Å². The maximum Gasteiger partial charge on any atom is 0.0954 e. The molecule has 0 atom stereocenters. The van der Waals surface area contributed by atoms with Gasteiger partial charge < -0.3 is 5.32 Å². The van der Waals surface area contributed by atoms with Crippen molar-refractivity contribution in [1.29, 1.82) is 0 Å². The predicted molar refractivity (Wildman–Crippen MR) is 77.2 cm³/mol. The topological polar surface area (TPSA) is 24.9 Å². The highest BCUT2D eigenvalue weighted by molar-refractivity contribution is 7.09. The van der Waals surface area contributed by atoms with Crippen LogP contribution in [0.3, 0.4) is 0 Å². The van der Waals surface area contributed by atoms with Crippen LogP contribution in [0.25, 0.3) is 0 Å². The van der Waals surface area contributed by atoms with Gasteiger partial charge in [0.05, 0.1) is 10.7 Å². The number of hydrogen-bond acceptors (Lipinski definition) is 3. The van der Waals surface area contributed by atoms with Crippen molar-refractivity contribution in [2.24, 2.45) is 0 Å². The largest absolute Gasteiger partial charge is 0.306 e. The molecule has 1 aromatic rings. The first-order valence-corrected chi connectivity index (χ1v) is 7.22. The molecule has 2 nitrogen and oxygen atoms in total. The van der Waals surface area contributed by atoms with Crippen LogP contribution in [0.4, 0.5) is 0 Å². The first-order chi connectivity index (χ1) is 7.65. The van der Waals surface area contributed by atoms with E-state index in [9.17, 15) is 0 Å². The third-order valence-electron chi connectivity index (χ3n) is 3.70. The van der Waals surface area contributed by atoms with Gasteiger partial charge in [-0.05, 0) is 25.7 Å². The maximum absolute atomic E-state index is 4.66. The molecule has 0 saturated heterocycles. The summed E-state index contributed by atoms with van der Waals surface area (Å²) in [7, 11) is 0. The van der Waals surface area contributed by atoms with E-state index in [1.807, 2.05) is 0 Å². The summed E-state index contributed by atoms with van der Waals surface area (Å²) in [6.45, 7) is 7.63. The zero-order valence-electron chi connectivity index (χ0n) is 11.0. The zero-order valence-corrected chi connectivity index (χ0v) is 12.6. The molecule has 2 rings (SSSR count). The van der Waals surface area contributed by atoms with Crippen LogP contribution in [0.5, 0.6) is 0 Å². The minimum absolute atomic E-state index is 0. The second-order valence-electron chi connectivity index (χ2n) is 5.17. The summed E-state index contributed by atoms with van der Waals surface area (Å²) in [5.41, 5.74) is 1.65. The zero-order chi connectivity index (χ0) is 11.6. The van der Waals surface area contributed by atoms with Crippen molar-refractivity contribution in [3.63, 3.8) is 0 Å². The van der Waals surface area contributed by atoms with Crippen molar-refractivity contribution in [3.8, 4) is 0 Å². The number of hydrogen-bond donors (Lipinski definition) is 1. The fourth-order valence-corrected chi connectivity index (χ4v) is 3.04. The Bertz CT molecular complexity index is 339. The van der Waals surface area contributed by atoms with Crippen molar-refractivity contribution < 1.29 is 0 Å². The number of aromatic nitrogens is 1. The summed E-state index contributed by atoms with van der Waals surface area (Å²) in [5.74, 6) is 0.558. The summed E-state index contributed by atoms with van der Waals surface area (Å²) in [6.07, 6.45) is 5.30. The average Bonchev–Trinajstić information content (AvgIpc) is 2.65. The second-order valence-corrected chi connectivity index (χ2v) is 6.06. The molecular weight excluding hydrogens is 252 g/mol. The lowest BCUT2D eigenvalue weighted by Gasteiger charge is -2.42. The van der Waals surface area contributed by atoms with Gasteiger partial charge in [-0.25, -0.2) is 4.98 Å². The molecule has 0 unspecified atom stereocenters. The Labute approximate surface area is 115 Å². The highest BCUT2D eigenvalue weighted by Crippen LogP contribution is 2.34. The number of halogens is 1. The van der Waals surface area contributed by atoms with E-state index in [0.29, 0.717) is 11.5 Å². The van der Waals surface area contributed by atoms with Gasteiger partial charge in [-0.2, -0.15) is 0 Å². The Morgan fingerprint density at radius 2 is 2.18 bits per heavy atom. The van der Waals surface area contributed by atoms with Gasteiger partial charge in [0.25, 0.3) is 0 Å². The molecule has 1 aliphatic carbocycles. The van der Waals surface area contributed by atoms with Crippen LogP contribution in [-0.2, 0) is 6.54 Å². The van der Waals surface area contributed by atoms with E-state index < -0.39 is 0 Å². The summed E-state index contributed by atoms with van der Waals surface area (Å²) >= 11 is 1.79. The van der Waals surface area contributed by atoms with Crippen LogP contribution in [0.1, 0.15) is 63.1 Å². The highest BCUT2D eigenvalue weighted by Gasteiger charge is 2.34. The molecule has 1 heterocycles. The van der Waals surface area contributed by atoms with Gasteiger partial charge in [-0.15, -0.1) is 23.7 Å². The van der Waals surface area contributed by atoms with Crippen LogP contribution in [0.15, 0.2) is 5.38 Å². The quantitative estimate of drug-likeness (QED) is 0.874. The molecule has 1 saturated carbocycles. The summed E-state index contributed by atoms with van der Waals surface area (Å²) in [5, 5.41) is 7.15. The fraction of sp³-hybridized carbons (Fsp3) is 0.769. The molecule has 4 heteroatoms. The summed E-state index contributed by atoms with van der Waals surface area (Å²) in [4.78, 5) is 4.66. The Hall–Kier alpha value is -0.120. The van der Waals surface area contributed by atoms with Crippen LogP contribution in [0, 0.1) is 0 Å². The van der Waals surface area contributed by atoms with Gasteiger partial charge in [0.2, 0.25) is 0 Å². The van der Waals surface area contributed by atoms with Gasteiger partial charge in [-0.1, -0.05) is 20.8 Å². The van der Waals surface area contributed by atoms with Gasteiger partial charge >= 0.3 is 0 Å². The third kappa shape index (κ3) is 3.43. The van der Waals surface area contributed by atoms with Crippen LogP contribution < -0.4 is 5.32 Å². The van der Waals surface area contributed by atoms with Crippen molar-refractivity contribution in [3.05, 3.63) is 16.1 Å². The summed E-state index contributed by atoms with van der Waals surface area (Å²) in [6, 6.07) is 0. The molecule has 0 aromatic carbocycles. The Morgan fingerprint density at radius 1 is 1.47 bits per heavy atom. The number of rotatable bonds is 5. The Morgan fingerprint density at radius 3 is 2.59 bits per heavy atom. The lowest BCUT2D eigenvalue weighted by Crippen LogP contribution is -2.49. The molecular formula is C13H23ClN2S. The predicted octanol–water partition coefficient (Wildman–Crippen LogP) is 4.11. The third-order valence-corrected chi connectivity index (χ3v) is 4.89. The van der Waals surface area contributed by atoms with Crippen LogP contribution in [0.2, 0.25) is 0 Å². The highest BCUT2D eigenvalue weighted by atomic mass is 35.5. The molecule has 0 amide bonds. The van der Waals surface area contributed by atoms with Crippen molar-refractivity contribution in [1.82, 2.24) is 10.3 Å². The molecule has 1 aliphatic rings. The van der Waals surface area contributed by atoms with Gasteiger partial charge in [0.15, 0.2) is 0 Å². The van der Waals surface area contributed by atoms with Crippen LogP contribution >= 0.6 is 23.7 Å². The van der Waals surface area contributed by atoms with E-state index in [0.717, 1.165) is 6.54 Å². The summed E-state index contributed by atoms with van der Waals surface area (Å²) < 4.78 is 0. The Kier molecular flexibility index (Phi) is 5.42. The minimum atomic E-state index is 0. The first kappa shape index (κ1) is 14.9. The number of nitrogens with one attached hydrogen (secondary N) is 1. The lowest BCUT2D eigenvalue weighted by atomic mass is 9.75. The Balaban J connectivity index is 0.00000144. The molecule has 1 aromatic heterocycles. The lowest BCUT2D eigenvalue weighted by molar-refractivity contribution is 0.175. The van der Waals surface area contributed by atoms with E-state index in [1.54, 1.807) is 11.3 Å². The van der Waals surface area contributed by atoms with E-state index in [-0.39, 0.29) is 12.4 Å². The average molecular weight is 275 g/mol. The molecule has 17 heavy (non-hydrogen) atoms. The molecule has 98 valence electrons. The SMILES string of the molecule is CCC1(NCc2csc(C(C)C)n2)CCC1.Cl. The van der Waals surface area contributed by atoms with Gasteiger partial charge in [-0.3, -0.25) is 0 Å². The first-order valence-electron chi connectivity index (χ1n) is 6.34. The van der Waals surface area contributed by atoms with E-state index in [2.05, 4.69) is 36.5 Å².